The lowest BCUT2D eigenvalue weighted by molar-refractivity contribution is -0.139. The molecule has 0 unspecified atom stereocenters. The summed E-state index contributed by atoms with van der Waals surface area (Å²) < 4.78 is 38.2. The molecule has 1 saturated carbocycles. The first-order chi connectivity index (χ1) is 8.00. The van der Waals surface area contributed by atoms with Gasteiger partial charge in [-0.15, -0.1) is 12.6 Å². The van der Waals surface area contributed by atoms with Gasteiger partial charge in [-0.05, 0) is 30.4 Å². The van der Waals surface area contributed by atoms with Gasteiger partial charge in [-0.25, -0.2) is 0 Å². The van der Waals surface area contributed by atoms with E-state index in [4.69, 9.17) is 0 Å². The first kappa shape index (κ1) is 12.8. The maximum Gasteiger partial charge on any atom is 0.417 e. The van der Waals surface area contributed by atoms with Crippen LogP contribution in [0.5, 0.6) is 0 Å². The summed E-state index contributed by atoms with van der Waals surface area (Å²) in [6.45, 7) is 0. The van der Waals surface area contributed by atoms with Crippen LogP contribution in [0.25, 0.3) is 0 Å². The predicted octanol–water partition coefficient (Wildman–Crippen LogP) is 5.04. The quantitative estimate of drug-likeness (QED) is 0.672. The van der Waals surface area contributed by atoms with Crippen LogP contribution < -0.4 is 0 Å². The third-order valence-electron chi connectivity index (χ3n) is 3.42. The van der Waals surface area contributed by atoms with Gasteiger partial charge in [0.2, 0.25) is 0 Å². The molecule has 1 fully saturated rings. The third-order valence-corrected chi connectivity index (χ3v) is 3.92. The van der Waals surface area contributed by atoms with Gasteiger partial charge in [-0.1, -0.05) is 31.4 Å². The van der Waals surface area contributed by atoms with Gasteiger partial charge in [0.15, 0.2) is 0 Å². The van der Waals surface area contributed by atoms with Crippen molar-refractivity contribution in [3.8, 4) is 0 Å². The highest BCUT2D eigenvalue weighted by atomic mass is 32.1. The molecule has 94 valence electrons. The van der Waals surface area contributed by atoms with Crippen LogP contribution in [0.1, 0.15) is 49.1 Å². The summed E-state index contributed by atoms with van der Waals surface area (Å²) in [6.07, 6.45) is 1.06. The minimum atomic E-state index is -4.30. The van der Waals surface area contributed by atoms with E-state index in [1.807, 2.05) is 0 Å². The molecular weight excluding hydrogens is 245 g/mol. The Morgan fingerprint density at radius 2 is 1.71 bits per heavy atom. The van der Waals surface area contributed by atoms with Crippen molar-refractivity contribution in [2.75, 3.05) is 0 Å². The zero-order valence-electron chi connectivity index (χ0n) is 9.43. The van der Waals surface area contributed by atoms with Crippen LogP contribution in [-0.2, 0) is 6.18 Å². The number of hydrogen-bond acceptors (Lipinski definition) is 1. The summed E-state index contributed by atoms with van der Waals surface area (Å²) in [5.74, 6) is 0.249. The average molecular weight is 260 g/mol. The summed E-state index contributed by atoms with van der Waals surface area (Å²) in [5.41, 5.74) is 0.159. The Labute approximate surface area is 105 Å². The maximum absolute atomic E-state index is 12.7. The fraction of sp³-hybridized carbons (Fsp3) is 0.538. The minimum absolute atomic E-state index is 0.118. The number of alkyl halides is 3. The highest BCUT2D eigenvalue weighted by Crippen LogP contribution is 2.41. The predicted molar refractivity (Wildman–Crippen MR) is 64.5 cm³/mol. The van der Waals surface area contributed by atoms with Crippen LogP contribution in [0.3, 0.4) is 0 Å². The Morgan fingerprint density at radius 1 is 1.06 bits per heavy atom. The number of rotatable bonds is 1. The van der Waals surface area contributed by atoms with E-state index in [-0.39, 0.29) is 10.8 Å². The summed E-state index contributed by atoms with van der Waals surface area (Å²) in [5, 5.41) is 0. The number of hydrogen-bond donors (Lipinski definition) is 1. The monoisotopic (exact) mass is 260 g/mol. The van der Waals surface area contributed by atoms with Crippen LogP contribution >= 0.6 is 12.6 Å². The van der Waals surface area contributed by atoms with Crippen molar-refractivity contribution in [1.29, 1.82) is 0 Å². The summed E-state index contributed by atoms with van der Waals surface area (Å²) >= 11 is 4.10. The molecule has 0 amide bonds. The molecule has 0 spiro atoms. The second-order valence-corrected chi connectivity index (χ2v) is 5.02. The van der Waals surface area contributed by atoms with Crippen molar-refractivity contribution >= 4 is 12.6 Å². The maximum atomic E-state index is 12.7. The summed E-state index contributed by atoms with van der Waals surface area (Å²) in [6, 6.07) is 4.38. The average Bonchev–Trinajstić information content (AvgIpc) is 2.29. The van der Waals surface area contributed by atoms with E-state index >= 15 is 0 Å². The van der Waals surface area contributed by atoms with Crippen molar-refractivity contribution in [2.24, 2.45) is 0 Å². The molecule has 0 aliphatic heterocycles. The Balaban J connectivity index is 2.35. The van der Waals surface area contributed by atoms with Gasteiger partial charge < -0.3 is 0 Å². The topological polar surface area (TPSA) is 0 Å². The van der Waals surface area contributed by atoms with E-state index in [1.54, 1.807) is 6.07 Å². The van der Waals surface area contributed by atoms with Gasteiger partial charge in [0, 0.05) is 4.90 Å². The minimum Gasteiger partial charge on any atom is -0.166 e. The van der Waals surface area contributed by atoms with E-state index < -0.39 is 11.7 Å². The second kappa shape index (κ2) is 4.92. The number of thiol groups is 1. The van der Waals surface area contributed by atoms with Crippen molar-refractivity contribution in [3.63, 3.8) is 0 Å². The van der Waals surface area contributed by atoms with E-state index in [0.717, 1.165) is 37.3 Å². The lowest BCUT2D eigenvalue weighted by Crippen LogP contribution is -2.11. The van der Waals surface area contributed by atoms with Crippen LogP contribution in [0.15, 0.2) is 23.1 Å². The van der Waals surface area contributed by atoms with Crippen LogP contribution in [0.4, 0.5) is 13.2 Å². The first-order valence-corrected chi connectivity index (χ1v) is 6.34. The molecule has 17 heavy (non-hydrogen) atoms. The zero-order chi connectivity index (χ0) is 12.5. The molecule has 1 aliphatic carbocycles. The van der Waals surface area contributed by atoms with Gasteiger partial charge in [0.1, 0.15) is 0 Å². The number of benzene rings is 1. The highest BCUT2D eigenvalue weighted by molar-refractivity contribution is 7.80. The van der Waals surface area contributed by atoms with Gasteiger partial charge in [0.05, 0.1) is 5.56 Å². The standard InChI is InChI=1S/C13H15F3S/c14-13(15,16)11-8-4-7-10(12(11)17)9-5-2-1-3-6-9/h4,7-9,17H,1-3,5-6H2. The largest absolute Gasteiger partial charge is 0.417 e. The van der Waals surface area contributed by atoms with Crippen molar-refractivity contribution < 1.29 is 13.2 Å². The van der Waals surface area contributed by atoms with Crippen molar-refractivity contribution in [2.45, 2.75) is 49.1 Å². The Morgan fingerprint density at radius 3 is 2.29 bits per heavy atom. The van der Waals surface area contributed by atoms with Crippen LogP contribution in [0.2, 0.25) is 0 Å². The van der Waals surface area contributed by atoms with Gasteiger partial charge in [0.25, 0.3) is 0 Å². The van der Waals surface area contributed by atoms with Crippen molar-refractivity contribution in [1.82, 2.24) is 0 Å². The fourth-order valence-electron chi connectivity index (χ4n) is 2.53. The molecule has 0 bridgehead atoms. The lowest BCUT2D eigenvalue weighted by Gasteiger charge is -2.24. The molecule has 1 aromatic carbocycles. The molecule has 0 radical (unpaired) electrons. The van der Waals surface area contributed by atoms with Crippen molar-refractivity contribution in [3.05, 3.63) is 29.3 Å². The molecule has 1 aromatic rings. The molecule has 4 heteroatoms. The smallest absolute Gasteiger partial charge is 0.166 e. The van der Waals surface area contributed by atoms with Crippen LogP contribution in [0, 0.1) is 0 Å². The third kappa shape index (κ3) is 2.79. The molecule has 0 N–H and O–H groups in total. The van der Waals surface area contributed by atoms with E-state index in [2.05, 4.69) is 12.6 Å². The second-order valence-electron chi connectivity index (χ2n) is 4.58. The van der Waals surface area contributed by atoms with E-state index in [1.165, 1.54) is 12.5 Å². The molecule has 2 rings (SSSR count). The van der Waals surface area contributed by atoms with E-state index in [9.17, 15) is 13.2 Å². The van der Waals surface area contributed by atoms with E-state index in [0.29, 0.717) is 0 Å². The fourth-order valence-corrected chi connectivity index (χ4v) is 2.99. The molecule has 0 saturated heterocycles. The zero-order valence-corrected chi connectivity index (χ0v) is 10.3. The first-order valence-electron chi connectivity index (χ1n) is 5.89. The van der Waals surface area contributed by atoms with Gasteiger partial charge in [-0.2, -0.15) is 13.2 Å². The Hall–Kier alpha value is -0.640. The molecule has 0 heterocycles. The van der Waals surface area contributed by atoms with Gasteiger partial charge >= 0.3 is 6.18 Å². The lowest BCUT2D eigenvalue weighted by atomic mass is 9.83. The summed E-state index contributed by atoms with van der Waals surface area (Å²) in [4.78, 5) is 0.118. The number of halogens is 3. The van der Waals surface area contributed by atoms with Gasteiger partial charge in [-0.3, -0.25) is 0 Å². The normalized spacial score (nSPS) is 18.4. The molecule has 0 atom stereocenters. The molecular formula is C13H15F3S. The molecule has 1 aliphatic rings. The molecule has 0 aromatic heterocycles. The van der Waals surface area contributed by atoms with Crippen LogP contribution in [-0.4, -0.2) is 0 Å². The highest BCUT2D eigenvalue weighted by Gasteiger charge is 2.34. The SMILES string of the molecule is FC(F)(F)c1cccc(C2CCCCC2)c1S. The Bertz CT molecular complexity index is 392. The summed E-state index contributed by atoms with van der Waals surface area (Å²) in [7, 11) is 0. The Kier molecular flexibility index (Phi) is 3.71. The molecule has 0 nitrogen and oxygen atoms in total.